The molecule has 10 N–H and O–H groups in total. The van der Waals surface area contributed by atoms with Crippen LogP contribution in [0.4, 0.5) is 71.8 Å². The fourth-order valence-electron chi connectivity index (χ4n) is 13.1. The van der Waals surface area contributed by atoms with Crippen molar-refractivity contribution in [3.8, 4) is 23.0 Å². The van der Waals surface area contributed by atoms with Gasteiger partial charge >= 0.3 is 12.4 Å². The number of halogens is 6. The van der Waals surface area contributed by atoms with Gasteiger partial charge in [-0.1, -0.05) is 91.0 Å². The van der Waals surface area contributed by atoms with E-state index < -0.39 is 49.8 Å². The number of alkyl halides is 6. The van der Waals surface area contributed by atoms with Crippen molar-refractivity contribution in [1.82, 2.24) is 10.6 Å². The minimum Gasteiger partial charge on any atom is -0.457 e. The van der Waals surface area contributed by atoms with Gasteiger partial charge in [-0.25, -0.2) is 8.42 Å². The van der Waals surface area contributed by atoms with Crippen LogP contribution < -0.4 is 62.6 Å². The molecule has 0 aromatic heterocycles. The molecule has 692 valence electrons. The lowest BCUT2D eigenvalue weighted by Crippen LogP contribution is -2.54. The number of benzene rings is 10. The molecule has 0 bridgehead atoms. The van der Waals surface area contributed by atoms with Gasteiger partial charge in [0.05, 0.1) is 9.79 Å². The van der Waals surface area contributed by atoms with Gasteiger partial charge in [-0.3, -0.25) is 0 Å². The highest BCUT2D eigenvalue weighted by atomic mass is 32.2. The van der Waals surface area contributed by atoms with Crippen molar-refractivity contribution in [3.05, 3.63) is 276 Å². The van der Waals surface area contributed by atoms with Gasteiger partial charge in [0.15, 0.2) is 0 Å². The zero-order valence-electron chi connectivity index (χ0n) is 81.0. The minimum absolute atomic E-state index is 0.0758. The molecular formula is C106H146F6N10O4S. The summed E-state index contributed by atoms with van der Waals surface area (Å²) in [5, 5.41) is 34.0. The lowest BCUT2D eigenvalue weighted by molar-refractivity contribution is -0.288. The maximum absolute atomic E-state index is 14.2. The number of sulfone groups is 1. The van der Waals surface area contributed by atoms with Crippen LogP contribution in [0.15, 0.2) is 252 Å². The first-order chi connectivity index (χ1) is 58.1. The largest absolute Gasteiger partial charge is 0.457 e. The third-order valence-corrected chi connectivity index (χ3v) is 19.7. The van der Waals surface area contributed by atoms with Crippen molar-refractivity contribution >= 4 is 55.3 Å². The Hall–Kier alpha value is -10.4. The van der Waals surface area contributed by atoms with Crippen molar-refractivity contribution in [2.24, 2.45) is 0 Å². The highest BCUT2D eigenvalue weighted by Crippen LogP contribution is 2.56. The molecule has 0 saturated heterocycles. The molecule has 0 radical (unpaired) electrons. The van der Waals surface area contributed by atoms with Crippen LogP contribution in [-0.4, -0.2) is 76.2 Å². The van der Waals surface area contributed by atoms with Crippen LogP contribution in [0.3, 0.4) is 0 Å². The SMILES string of the molecule is CC(C)(C)NCc1ccc(NC(C)(C)C)cc1.CC(C)(C)NCc1ccccc1NC(C)(C)C.CC(C)(C)Nc1ccc(C(c2ccc(NC(C)(C)C)cc2)(C(F)(F)F)C(F)(F)F)cc1.CC(C)(C)Nc1cccc(Cc2cccc(NC(C)(C)C)c2)c1.CC(C)(C)Nc1cccc(Oc2ccc(S(=O)(=O)c3ccc(Oc4cccc(NC(C)(C)C)c4)cc3)cc2)c1. The molecule has 0 fully saturated rings. The van der Waals surface area contributed by atoms with E-state index >= 15 is 0 Å². The standard InChI is InChI=1S/C32H36N2O4S.C23H28F6N2.C21H30N2.2C15H26N2/c1-31(2,3)33-23-9-7-11-27(21-23)37-25-13-17-29(18-14-25)39(35,36)30-19-15-26(16-20-30)38-28-12-8-10-24(22-28)34-32(4,5)6;1-19(2,3)30-17-11-7-15(8-12-17)21(22(24,25)26,23(27,28)29)16-9-13-18(14-10-16)31-20(4,5)6;1-20(2,3)22-18-11-7-9-16(14-18)13-17-10-8-12-19(15-17)23-21(4,5)6;1-14(2,3)16-11-12-7-9-13(10-8-12)17-15(4,5)6;1-14(2,3)16-11-12-9-7-8-10-13(12)17-15(4,5)6/h7-22,33-34H,1-6H3;7-14,30-31H,1-6H3;7-12,14-15,22-23H,13H2,1-6H3;2*7-10,16-17H,11H2,1-6H3. The molecule has 14 nitrogen and oxygen atoms in total. The van der Waals surface area contributed by atoms with Crippen LogP contribution in [0.25, 0.3) is 0 Å². The third kappa shape index (κ3) is 38.6. The van der Waals surface area contributed by atoms with Crippen molar-refractivity contribution in [2.45, 2.75) is 310 Å². The monoisotopic (exact) mass is 1770 g/mol. The molecule has 0 aliphatic carbocycles. The van der Waals surface area contributed by atoms with Gasteiger partial charge in [-0.05, 0) is 387 Å². The van der Waals surface area contributed by atoms with Gasteiger partial charge in [0, 0.05) is 126 Å². The number of anilines is 8. The average molecular weight is 1770 g/mol. The van der Waals surface area contributed by atoms with Gasteiger partial charge in [-0.2, -0.15) is 26.3 Å². The fourth-order valence-corrected chi connectivity index (χ4v) is 14.3. The molecular weight excluding hydrogens is 1620 g/mol. The number of hydrogen-bond acceptors (Lipinski definition) is 14. The van der Waals surface area contributed by atoms with E-state index in [9.17, 15) is 34.8 Å². The van der Waals surface area contributed by atoms with Gasteiger partial charge in [0.25, 0.3) is 0 Å². The predicted octanol–water partition coefficient (Wildman–Crippen LogP) is 29.3. The van der Waals surface area contributed by atoms with E-state index in [0.29, 0.717) is 34.4 Å². The molecule has 10 aromatic carbocycles. The second-order valence-corrected chi connectivity index (χ2v) is 44.7. The first-order valence-electron chi connectivity index (χ1n) is 43.5. The zero-order valence-corrected chi connectivity index (χ0v) is 81.8. The number of nitrogens with one attached hydrogen (secondary N) is 10. The topological polar surface area (TPSA) is 173 Å². The van der Waals surface area contributed by atoms with E-state index in [1.165, 1.54) is 69.3 Å². The molecule has 10 aromatic rings. The Morgan fingerprint density at radius 3 is 0.843 bits per heavy atom. The second kappa shape index (κ2) is 42.7. The number of ether oxygens (including phenoxy) is 2. The zero-order chi connectivity index (χ0) is 95.4. The van der Waals surface area contributed by atoms with Gasteiger partial charge in [0.1, 0.15) is 23.0 Å². The summed E-state index contributed by atoms with van der Waals surface area (Å²) in [5.41, 5.74) is 6.60. The summed E-state index contributed by atoms with van der Waals surface area (Å²) in [7, 11) is -3.70. The normalized spacial score (nSPS) is 12.6. The van der Waals surface area contributed by atoms with E-state index in [0.717, 1.165) is 55.2 Å². The Labute approximate surface area is 757 Å². The number of rotatable bonds is 22. The summed E-state index contributed by atoms with van der Waals surface area (Å²) in [5.74, 6) is 2.42. The summed E-state index contributed by atoms with van der Waals surface area (Å²) in [6.45, 7) is 64.6. The van der Waals surface area contributed by atoms with E-state index in [1.54, 1.807) is 48.5 Å². The quantitative estimate of drug-likeness (QED) is 0.0291. The Kier molecular flexibility index (Phi) is 35.5. The highest BCUT2D eigenvalue weighted by molar-refractivity contribution is 7.91. The molecule has 127 heavy (non-hydrogen) atoms. The molecule has 0 aliphatic heterocycles. The third-order valence-electron chi connectivity index (χ3n) is 17.9. The van der Waals surface area contributed by atoms with Crippen LogP contribution in [0.2, 0.25) is 0 Å². The summed E-state index contributed by atoms with van der Waals surface area (Å²) in [6, 6.07) is 71.2. The van der Waals surface area contributed by atoms with Gasteiger partial charge in [-0.15, -0.1) is 0 Å². The molecule has 0 heterocycles. The summed E-state index contributed by atoms with van der Waals surface area (Å²) in [6.07, 6.45) is -10.3. The maximum atomic E-state index is 14.2. The van der Waals surface area contributed by atoms with E-state index in [1.807, 2.05) is 90.1 Å². The molecule has 0 amide bonds. The van der Waals surface area contributed by atoms with Crippen molar-refractivity contribution in [2.75, 3.05) is 42.5 Å². The molecule has 10 rings (SSSR count). The minimum atomic E-state index is -5.61. The van der Waals surface area contributed by atoms with Crippen molar-refractivity contribution < 1.29 is 44.2 Å². The average Bonchev–Trinajstić information content (AvgIpc) is 0.715. The van der Waals surface area contributed by atoms with E-state index in [4.69, 9.17) is 9.47 Å². The first kappa shape index (κ1) is 105. The Bertz CT molecular complexity index is 4920. The molecule has 0 atom stereocenters. The molecule has 21 heteroatoms. The summed E-state index contributed by atoms with van der Waals surface area (Å²) < 4.78 is 124. The molecule has 0 spiro atoms. The summed E-state index contributed by atoms with van der Waals surface area (Å²) in [4.78, 5) is 0.375. The van der Waals surface area contributed by atoms with Crippen molar-refractivity contribution in [3.63, 3.8) is 0 Å². The summed E-state index contributed by atoms with van der Waals surface area (Å²) >= 11 is 0. The van der Waals surface area contributed by atoms with Gasteiger partial charge < -0.3 is 62.6 Å². The Morgan fingerprint density at radius 1 is 0.252 bits per heavy atom. The van der Waals surface area contributed by atoms with E-state index in [-0.39, 0.29) is 54.1 Å². The van der Waals surface area contributed by atoms with Crippen LogP contribution in [0.1, 0.15) is 241 Å². The smallest absolute Gasteiger partial charge is 0.411 e. The van der Waals surface area contributed by atoms with Crippen molar-refractivity contribution in [1.29, 1.82) is 0 Å². The Balaban J connectivity index is 0.000000255. The molecule has 0 aliphatic rings. The van der Waals surface area contributed by atoms with Crippen LogP contribution in [0, 0.1) is 0 Å². The lowest BCUT2D eigenvalue weighted by atomic mass is 9.73. The molecule has 0 saturated carbocycles. The van der Waals surface area contributed by atoms with Crippen LogP contribution >= 0.6 is 0 Å². The highest BCUT2D eigenvalue weighted by Gasteiger charge is 2.72. The van der Waals surface area contributed by atoms with E-state index in [2.05, 4.69) is 316 Å². The first-order valence-corrected chi connectivity index (χ1v) is 45.0. The van der Waals surface area contributed by atoms with Crippen LogP contribution in [-0.2, 0) is 34.8 Å². The van der Waals surface area contributed by atoms with Gasteiger partial charge in [0.2, 0.25) is 15.3 Å². The lowest BCUT2D eigenvalue weighted by Gasteiger charge is -2.38. The maximum Gasteiger partial charge on any atom is 0.411 e. The number of hydrogen-bond donors (Lipinski definition) is 10. The molecule has 0 unspecified atom stereocenters. The second-order valence-electron chi connectivity index (χ2n) is 42.7. The van der Waals surface area contributed by atoms with Crippen LogP contribution in [0.5, 0.6) is 23.0 Å². The Morgan fingerprint density at radius 2 is 0.535 bits per heavy atom. The fraction of sp³-hybridized carbons (Fsp3) is 0.434. The number of para-hydroxylation sites is 1. The predicted molar refractivity (Wildman–Crippen MR) is 526 cm³/mol.